The van der Waals surface area contributed by atoms with Crippen LogP contribution in [-0.2, 0) is 0 Å². The van der Waals surface area contributed by atoms with Gasteiger partial charge in [0.05, 0.1) is 0 Å². The van der Waals surface area contributed by atoms with Crippen molar-refractivity contribution in [1.82, 2.24) is 10.2 Å². The Morgan fingerprint density at radius 1 is 1.04 bits per heavy atom. The molecule has 1 N–H and O–H groups in total. The molecule has 0 aromatic heterocycles. The van der Waals surface area contributed by atoms with Crippen LogP contribution in [0.5, 0.6) is 0 Å². The van der Waals surface area contributed by atoms with Crippen LogP contribution in [0.4, 0.5) is 0 Å². The van der Waals surface area contributed by atoms with Gasteiger partial charge in [0, 0.05) is 32.5 Å². The van der Waals surface area contributed by atoms with Gasteiger partial charge in [-0.1, -0.05) is 23.4 Å². The average Bonchev–Trinajstić information content (AvgIpc) is 2.67. The minimum atomic E-state index is 0.0404. The van der Waals surface area contributed by atoms with Crippen LogP contribution < -0.4 is 5.32 Å². The van der Waals surface area contributed by atoms with Crippen molar-refractivity contribution in [2.24, 2.45) is 5.92 Å². The lowest BCUT2D eigenvalue weighted by molar-refractivity contribution is 0.0217. The van der Waals surface area contributed by atoms with E-state index in [4.69, 9.17) is 11.6 Å². The Bertz CT molecular complexity index is 768. The van der Waals surface area contributed by atoms with E-state index in [-0.39, 0.29) is 11.9 Å². The highest BCUT2D eigenvalue weighted by atomic mass is 35.5. The van der Waals surface area contributed by atoms with Gasteiger partial charge in [0.2, 0.25) is 0 Å². The molecule has 5 heteroatoms. The largest absolute Gasteiger partial charge is 0.347 e. The first kappa shape index (κ1) is 17.9. The lowest BCUT2D eigenvalue weighted by Crippen LogP contribution is -2.62. The number of halogens is 1. The Hall–Kier alpha value is -1.49. The van der Waals surface area contributed by atoms with Gasteiger partial charge in [0.1, 0.15) is 0 Å². The molecule has 26 heavy (non-hydrogen) atoms. The van der Waals surface area contributed by atoms with Gasteiger partial charge in [0.15, 0.2) is 0 Å². The summed E-state index contributed by atoms with van der Waals surface area (Å²) in [5.41, 5.74) is 0.731. The zero-order chi connectivity index (χ0) is 18.1. The minimum Gasteiger partial charge on any atom is -0.347 e. The van der Waals surface area contributed by atoms with E-state index in [0.717, 1.165) is 20.4 Å². The quantitative estimate of drug-likeness (QED) is 0.826. The molecule has 0 radical (unpaired) electrons. The summed E-state index contributed by atoms with van der Waals surface area (Å²) in [6, 6.07) is 16.3. The predicted octanol–water partition coefficient (Wildman–Crippen LogP) is 4.70. The van der Waals surface area contributed by atoms with E-state index in [1.807, 2.05) is 48.5 Å². The summed E-state index contributed by atoms with van der Waals surface area (Å²) in [5.74, 6) is 0.664. The maximum absolute atomic E-state index is 12.7. The Morgan fingerprint density at radius 2 is 1.62 bits per heavy atom. The van der Waals surface area contributed by atoms with E-state index in [0.29, 0.717) is 12.0 Å². The molecule has 2 aromatic rings. The summed E-state index contributed by atoms with van der Waals surface area (Å²) < 4.78 is 0. The molecule has 1 amide bonds. The van der Waals surface area contributed by atoms with Gasteiger partial charge in [-0.25, -0.2) is 0 Å². The molecule has 3 aliphatic rings. The molecule has 0 saturated carbocycles. The number of carbonyl (C=O) groups is 1. The Kier molecular flexibility index (Phi) is 5.25. The van der Waals surface area contributed by atoms with Crippen LogP contribution in [0.3, 0.4) is 0 Å². The molecule has 2 bridgehead atoms. The zero-order valence-electron chi connectivity index (χ0n) is 14.8. The van der Waals surface area contributed by atoms with Crippen molar-refractivity contribution in [2.75, 3.05) is 13.1 Å². The highest BCUT2D eigenvalue weighted by Gasteiger charge is 2.40. The van der Waals surface area contributed by atoms with Crippen molar-refractivity contribution < 1.29 is 4.79 Å². The fourth-order valence-electron chi connectivity index (χ4n) is 4.09. The topological polar surface area (TPSA) is 32.3 Å². The van der Waals surface area contributed by atoms with Crippen LogP contribution in [-0.4, -0.2) is 36.0 Å². The molecule has 5 rings (SSSR count). The van der Waals surface area contributed by atoms with Gasteiger partial charge >= 0.3 is 0 Å². The van der Waals surface area contributed by atoms with E-state index >= 15 is 0 Å². The first-order valence-electron chi connectivity index (χ1n) is 9.18. The second kappa shape index (κ2) is 7.63. The molecule has 3 saturated heterocycles. The first-order chi connectivity index (χ1) is 12.6. The Balaban J connectivity index is 1.40. The van der Waals surface area contributed by atoms with Crippen LogP contribution in [0, 0.1) is 5.92 Å². The summed E-state index contributed by atoms with van der Waals surface area (Å²) in [5, 5.41) is 4.03. The highest BCUT2D eigenvalue weighted by Crippen LogP contribution is 2.32. The molecule has 2 unspecified atom stereocenters. The van der Waals surface area contributed by atoms with Gasteiger partial charge in [-0.05, 0) is 87.3 Å². The number of nitrogens with zero attached hydrogens (tertiary/aromatic N) is 1. The third kappa shape index (κ3) is 3.78. The van der Waals surface area contributed by atoms with E-state index in [9.17, 15) is 4.79 Å². The van der Waals surface area contributed by atoms with E-state index in [1.54, 1.807) is 11.8 Å². The molecular weight excluding hydrogens is 364 g/mol. The molecule has 3 nitrogen and oxygen atoms in total. The van der Waals surface area contributed by atoms with Crippen molar-refractivity contribution in [3.05, 3.63) is 59.1 Å². The highest BCUT2D eigenvalue weighted by molar-refractivity contribution is 7.99. The third-order valence-corrected chi connectivity index (χ3v) is 6.91. The summed E-state index contributed by atoms with van der Waals surface area (Å²) in [4.78, 5) is 17.4. The Morgan fingerprint density at radius 3 is 2.19 bits per heavy atom. The zero-order valence-corrected chi connectivity index (χ0v) is 16.4. The molecule has 136 valence electrons. The van der Waals surface area contributed by atoms with E-state index < -0.39 is 0 Å². The van der Waals surface area contributed by atoms with E-state index in [1.165, 1.54) is 25.9 Å². The summed E-state index contributed by atoms with van der Waals surface area (Å²) in [6.45, 7) is 4.59. The van der Waals surface area contributed by atoms with Crippen molar-refractivity contribution in [2.45, 2.75) is 41.6 Å². The minimum absolute atomic E-state index is 0.0404. The normalized spacial score (nSPS) is 27.3. The third-order valence-electron chi connectivity index (χ3n) is 5.64. The molecular formula is C21H23ClN2OS. The van der Waals surface area contributed by atoms with Crippen LogP contribution >= 0.6 is 23.4 Å². The molecule has 3 heterocycles. The maximum atomic E-state index is 12.7. The smallest absolute Gasteiger partial charge is 0.251 e. The number of benzene rings is 2. The molecule has 2 aromatic carbocycles. The summed E-state index contributed by atoms with van der Waals surface area (Å²) >= 11 is 7.59. The molecule has 3 aliphatic heterocycles. The molecule has 0 spiro atoms. The van der Waals surface area contributed by atoms with Crippen LogP contribution in [0.25, 0.3) is 0 Å². The number of fused-ring (bicyclic) bond motifs is 3. The number of nitrogens with one attached hydrogen (secondary N) is 1. The van der Waals surface area contributed by atoms with Crippen LogP contribution in [0.15, 0.2) is 58.3 Å². The summed E-state index contributed by atoms with van der Waals surface area (Å²) in [6.07, 6.45) is 2.40. The average molecular weight is 387 g/mol. The van der Waals surface area contributed by atoms with Gasteiger partial charge in [-0.3, -0.25) is 9.69 Å². The number of hydrogen-bond acceptors (Lipinski definition) is 3. The second-order valence-corrected chi connectivity index (χ2v) is 8.78. The molecule has 2 atom stereocenters. The number of amides is 1. The van der Waals surface area contributed by atoms with Crippen LogP contribution in [0.2, 0.25) is 5.02 Å². The number of carbonyl (C=O) groups excluding carboxylic acids is 1. The van der Waals surface area contributed by atoms with E-state index in [2.05, 4.69) is 17.1 Å². The predicted molar refractivity (Wildman–Crippen MR) is 107 cm³/mol. The van der Waals surface area contributed by atoms with Crippen molar-refractivity contribution >= 4 is 29.3 Å². The Labute approximate surface area is 164 Å². The fourth-order valence-corrected chi connectivity index (χ4v) is 5.04. The molecule has 3 fully saturated rings. The van der Waals surface area contributed by atoms with Gasteiger partial charge in [-0.15, -0.1) is 0 Å². The van der Waals surface area contributed by atoms with Crippen molar-refractivity contribution in [3.63, 3.8) is 0 Å². The van der Waals surface area contributed by atoms with Gasteiger partial charge < -0.3 is 5.32 Å². The number of hydrogen-bond donors (Lipinski definition) is 1. The van der Waals surface area contributed by atoms with Crippen LogP contribution in [0.1, 0.15) is 30.1 Å². The standard InChI is InChI=1S/C21H23ClN2OS/c1-14-20(15-10-12-24(14)13-11-15)23-21(25)16-2-6-18(7-3-16)26-19-8-4-17(22)5-9-19/h2-9,14-15,20H,10-13H2,1H3,(H,23,25). The lowest BCUT2D eigenvalue weighted by Gasteiger charge is -2.49. The van der Waals surface area contributed by atoms with Crippen molar-refractivity contribution in [1.29, 1.82) is 0 Å². The SMILES string of the molecule is CC1C(NC(=O)c2ccc(Sc3ccc(Cl)cc3)cc2)C2CCN1CC2. The van der Waals surface area contributed by atoms with Gasteiger partial charge in [-0.2, -0.15) is 0 Å². The fraction of sp³-hybridized carbons (Fsp3) is 0.381. The van der Waals surface area contributed by atoms with Gasteiger partial charge in [0.25, 0.3) is 5.91 Å². The number of piperidine rings is 3. The lowest BCUT2D eigenvalue weighted by atomic mass is 9.79. The molecule has 0 aliphatic carbocycles. The summed E-state index contributed by atoms with van der Waals surface area (Å²) in [7, 11) is 0. The first-order valence-corrected chi connectivity index (χ1v) is 10.4. The second-order valence-electron chi connectivity index (χ2n) is 7.19. The maximum Gasteiger partial charge on any atom is 0.251 e. The monoisotopic (exact) mass is 386 g/mol. The number of rotatable bonds is 4. The van der Waals surface area contributed by atoms with Crippen molar-refractivity contribution in [3.8, 4) is 0 Å².